The first-order valence-electron chi connectivity index (χ1n) is 7.08. The lowest BCUT2D eigenvalue weighted by Gasteiger charge is -2.08. The van der Waals surface area contributed by atoms with Crippen molar-refractivity contribution in [2.45, 2.75) is 11.3 Å². The Morgan fingerprint density at radius 2 is 1.54 bits per heavy atom. The first kappa shape index (κ1) is 16.6. The maximum atomic E-state index is 12.2. The van der Waals surface area contributed by atoms with Gasteiger partial charge in [0.2, 0.25) is 0 Å². The molecule has 0 amide bonds. The van der Waals surface area contributed by atoms with Crippen molar-refractivity contribution in [3.05, 3.63) is 82.9 Å². The molecule has 0 saturated heterocycles. The summed E-state index contributed by atoms with van der Waals surface area (Å²) in [6.45, 7) is 0. The smallest absolute Gasteiger partial charge is 0.339 e. The van der Waals surface area contributed by atoms with Gasteiger partial charge in [0.05, 0.1) is 0 Å². The van der Waals surface area contributed by atoms with Crippen LogP contribution in [0, 0.1) is 0 Å². The van der Waals surface area contributed by atoms with Crippen LogP contribution in [0.15, 0.2) is 76.4 Å². The highest BCUT2D eigenvalue weighted by molar-refractivity contribution is 9.10. The second kappa shape index (κ2) is 7.11. The maximum absolute atomic E-state index is 12.2. The average molecular weight is 405 g/mol. The van der Waals surface area contributed by atoms with Crippen LogP contribution in [0.3, 0.4) is 0 Å². The van der Waals surface area contributed by atoms with Gasteiger partial charge in [-0.05, 0) is 48.0 Å². The number of benzene rings is 2. The lowest BCUT2D eigenvalue weighted by Crippen LogP contribution is -2.09. The van der Waals surface area contributed by atoms with E-state index in [4.69, 9.17) is 4.18 Å². The number of rotatable bonds is 5. The number of hydrogen-bond acceptors (Lipinski definition) is 5. The largest absolute Gasteiger partial charge is 0.379 e. The van der Waals surface area contributed by atoms with Gasteiger partial charge in [-0.15, -0.1) is 0 Å². The SMILES string of the molecule is O=S(=O)(Oc1ccc(Cc2ncccn2)cc1)c1ccc(Br)cc1. The first-order valence-corrected chi connectivity index (χ1v) is 9.28. The van der Waals surface area contributed by atoms with Gasteiger partial charge in [-0.2, -0.15) is 8.42 Å². The van der Waals surface area contributed by atoms with Crippen molar-refractivity contribution < 1.29 is 12.6 Å². The van der Waals surface area contributed by atoms with E-state index in [-0.39, 0.29) is 10.6 Å². The molecule has 0 aliphatic carbocycles. The fraction of sp³-hybridized carbons (Fsp3) is 0.0588. The first-order chi connectivity index (χ1) is 11.5. The van der Waals surface area contributed by atoms with Gasteiger partial charge in [0.25, 0.3) is 0 Å². The molecule has 24 heavy (non-hydrogen) atoms. The van der Waals surface area contributed by atoms with Crippen molar-refractivity contribution in [3.63, 3.8) is 0 Å². The van der Waals surface area contributed by atoms with Crippen LogP contribution in [-0.4, -0.2) is 18.4 Å². The summed E-state index contributed by atoms with van der Waals surface area (Å²) in [7, 11) is -3.85. The van der Waals surface area contributed by atoms with Crippen LogP contribution in [0.5, 0.6) is 5.75 Å². The molecule has 3 aromatic rings. The zero-order valence-electron chi connectivity index (χ0n) is 12.5. The van der Waals surface area contributed by atoms with Crippen LogP contribution in [0.25, 0.3) is 0 Å². The summed E-state index contributed by atoms with van der Waals surface area (Å²) in [5.41, 5.74) is 0.967. The van der Waals surface area contributed by atoms with Gasteiger partial charge in [0, 0.05) is 23.3 Å². The molecule has 0 unspecified atom stereocenters. The van der Waals surface area contributed by atoms with E-state index in [1.54, 1.807) is 54.9 Å². The van der Waals surface area contributed by atoms with E-state index in [0.29, 0.717) is 12.2 Å². The van der Waals surface area contributed by atoms with E-state index in [1.807, 2.05) is 0 Å². The summed E-state index contributed by atoms with van der Waals surface area (Å²) in [5, 5.41) is 0. The molecule has 0 radical (unpaired) electrons. The number of halogens is 1. The van der Waals surface area contributed by atoms with Gasteiger partial charge in [-0.1, -0.05) is 28.1 Å². The molecule has 0 aliphatic heterocycles. The van der Waals surface area contributed by atoms with E-state index < -0.39 is 10.1 Å². The Kier molecular flexibility index (Phi) is 4.92. The van der Waals surface area contributed by atoms with Crippen LogP contribution in [-0.2, 0) is 16.5 Å². The third kappa shape index (κ3) is 4.18. The van der Waals surface area contributed by atoms with Gasteiger partial charge < -0.3 is 4.18 Å². The molecule has 5 nitrogen and oxygen atoms in total. The Hall–Kier alpha value is -2.25. The van der Waals surface area contributed by atoms with E-state index in [2.05, 4.69) is 25.9 Å². The van der Waals surface area contributed by atoms with Crippen molar-refractivity contribution >= 4 is 26.0 Å². The van der Waals surface area contributed by atoms with Crippen LogP contribution in [0.2, 0.25) is 0 Å². The fourth-order valence-electron chi connectivity index (χ4n) is 2.04. The molecular weight excluding hydrogens is 392 g/mol. The summed E-state index contributed by atoms with van der Waals surface area (Å²) in [6, 6.07) is 14.9. The molecule has 0 bridgehead atoms. The van der Waals surface area contributed by atoms with Crippen molar-refractivity contribution in [1.82, 2.24) is 9.97 Å². The van der Waals surface area contributed by atoms with E-state index in [0.717, 1.165) is 10.0 Å². The molecule has 0 atom stereocenters. The molecule has 0 spiro atoms. The van der Waals surface area contributed by atoms with Crippen molar-refractivity contribution in [3.8, 4) is 5.75 Å². The van der Waals surface area contributed by atoms with Gasteiger partial charge >= 0.3 is 10.1 Å². The molecule has 3 rings (SSSR count). The Labute approximate surface area is 148 Å². The van der Waals surface area contributed by atoms with E-state index >= 15 is 0 Å². The highest BCUT2D eigenvalue weighted by atomic mass is 79.9. The fourth-order valence-corrected chi connectivity index (χ4v) is 3.24. The minimum absolute atomic E-state index is 0.104. The molecule has 0 fully saturated rings. The highest BCUT2D eigenvalue weighted by Crippen LogP contribution is 2.21. The second-order valence-corrected chi connectivity index (χ2v) is 7.44. The minimum atomic E-state index is -3.85. The molecule has 7 heteroatoms. The maximum Gasteiger partial charge on any atom is 0.339 e. The summed E-state index contributed by atoms with van der Waals surface area (Å²) < 4.78 is 30.4. The van der Waals surface area contributed by atoms with Gasteiger partial charge in [0.1, 0.15) is 16.5 Å². The quantitative estimate of drug-likeness (QED) is 0.607. The van der Waals surface area contributed by atoms with Crippen LogP contribution < -0.4 is 4.18 Å². The van der Waals surface area contributed by atoms with Crippen LogP contribution in [0.1, 0.15) is 11.4 Å². The minimum Gasteiger partial charge on any atom is -0.379 e. The summed E-state index contributed by atoms with van der Waals surface area (Å²) in [6.07, 6.45) is 3.94. The van der Waals surface area contributed by atoms with Crippen molar-refractivity contribution in [1.29, 1.82) is 0 Å². The van der Waals surface area contributed by atoms with Gasteiger partial charge in [-0.3, -0.25) is 0 Å². The van der Waals surface area contributed by atoms with Crippen LogP contribution in [0.4, 0.5) is 0 Å². The van der Waals surface area contributed by atoms with Crippen molar-refractivity contribution in [2.24, 2.45) is 0 Å². The van der Waals surface area contributed by atoms with Gasteiger partial charge in [-0.25, -0.2) is 9.97 Å². The molecule has 122 valence electrons. The Morgan fingerprint density at radius 1 is 0.917 bits per heavy atom. The summed E-state index contributed by atoms with van der Waals surface area (Å²) in [4.78, 5) is 8.43. The molecule has 0 aliphatic rings. The predicted molar refractivity (Wildman–Crippen MR) is 93.2 cm³/mol. The zero-order valence-corrected chi connectivity index (χ0v) is 14.9. The number of nitrogens with zero attached hydrogens (tertiary/aromatic N) is 2. The monoisotopic (exact) mass is 404 g/mol. The molecule has 2 aromatic carbocycles. The van der Waals surface area contributed by atoms with Gasteiger partial charge in [0.15, 0.2) is 0 Å². The Morgan fingerprint density at radius 3 is 2.17 bits per heavy atom. The number of aromatic nitrogens is 2. The lowest BCUT2D eigenvalue weighted by molar-refractivity contribution is 0.486. The van der Waals surface area contributed by atoms with E-state index in [1.165, 1.54) is 12.1 Å². The number of hydrogen-bond donors (Lipinski definition) is 0. The molecule has 0 N–H and O–H groups in total. The summed E-state index contributed by atoms with van der Waals surface area (Å²) >= 11 is 3.27. The Bertz CT molecular complexity index is 912. The van der Waals surface area contributed by atoms with E-state index in [9.17, 15) is 8.42 Å². The standard InChI is InChI=1S/C17H13BrN2O3S/c18-14-4-8-16(9-5-14)24(21,22)23-15-6-2-13(3-7-15)12-17-19-10-1-11-20-17/h1-11H,12H2. The average Bonchev–Trinajstić information content (AvgIpc) is 2.58. The molecule has 0 saturated carbocycles. The molecule has 1 heterocycles. The third-order valence-corrected chi connectivity index (χ3v) is 5.00. The van der Waals surface area contributed by atoms with Crippen LogP contribution >= 0.6 is 15.9 Å². The third-order valence-electron chi connectivity index (χ3n) is 3.21. The Balaban J connectivity index is 1.73. The second-order valence-electron chi connectivity index (χ2n) is 4.98. The summed E-state index contributed by atoms with van der Waals surface area (Å²) in [5.74, 6) is 0.962. The van der Waals surface area contributed by atoms with Crippen molar-refractivity contribution in [2.75, 3.05) is 0 Å². The normalized spacial score (nSPS) is 11.2. The zero-order chi connectivity index (χ0) is 17.0. The highest BCUT2D eigenvalue weighted by Gasteiger charge is 2.16. The predicted octanol–water partition coefficient (Wildman–Crippen LogP) is 3.60. The molecule has 1 aromatic heterocycles. The molecular formula is C17H13BrN2O3S. The topological polar surface area (TPSA) is 69.2 Å². The lowest BCUT2D eigenvalue weighted by atomic mass is 10.1.